The molecule has 1 aliphatic rings. The molecular weight excluding hydrogens is 266 g/mol. The lowest BCUT2D eigenvalue weighted by molar-refractivity contribution is 0.100. The van der Waals surface area contributed by atoms with Crippen LogP contribution in [0.3, 0.4) is 0 Å². The van der Waals surface area contributed by atoms with Gasteiger partial charge in [-0.3, -0.25) is 4.79 Å². The molecule has 0 atom stereocenters. The van der Waals surface area contributed by atoms with Crippen LogP contribution in [-0.4, -0.2) is 21.0 Å². The average molecular weight is 275 g/mol. The largest absolute Gasteiger partial charge is 0.505 e. The Bertz CT molecular complexity index is 693. The van der Waals surface area contributed by atoms with Gasteiger partial charge in [-0.2, -0.15) is 4.98 Å². The number of carbonyl (C=O) groups excluding carboxylic acids is 1. The van der Waals surface area contributed by atoms with Crippen molar-refractivity contribution in [2.24, 2.45) is 0 Å². The summed E-state index contributed by atoms with van der Waals surface area (Å²) in [6.45, 7) is 1.35. The molecule has 0 saturated heterocycles. The van der Waals surface area contributed by atoms with Gasteiger partial charge in [0.05, 0.1) is 0 Å². The minimum atomic E-state index is -0.293. The molecule has 2 heterocycles. The predicted molar refractivity (Wildman–Crippen MR) is 69.2 cm³/mol. The molecule has 3 rings (SSSR count). The highest BCUT2D eigenvalue weighted by Crippen LogP contribution is 2.35. The molecule has 0 radical (unpaired) electrons. The molecule has 0 aliphatic carbocycles. The first-order valence-electron chi connectivity index (χ1n) is 5.47. The second-order valence-corrected chi connectivity index (χ2v) is 4.75. The first-order chi connectivity index (χ1) is 9.16. The third-order valence-corrected chi connectivity index (χ3v) is 3.48. The zero-order valence-corrected chi connectivity index (χ0v) is 10.7. The standard InChI is InChI=1S/C12H9N3O3S/c1-6(16)11-13-12(18-14-11)9-10(17)7-4-2-3-5-8(7)19-15-9/h2-5,15,17H,1H3. The number of aliphatic hydroxyl groups is 1. The van der Waals surface area contributed by atoms with Gasteiger partial charge in [-0.1, -0.05) is 17.3 Å². The predicted octanol–water partition coefficient (Wildman–Crippen LogP) is 2.27. The van der Waals surface area contributed by atoms with Crippen LogP contribution < -0.4 is 4.72 Å². The van der Waals surface area contributed by atoms with Crippen LogP contribution in [0.25, 0.3) is 11.5 Å². The molecule has 1 aromatic heterocycles. The molecule has 2 N–H and O–H groups in total. The van der Waals surface area contributed by atoms with Gasteiger partial charge in [0.15, 0.2) is 11.5 Å². The Kier molecular flexibility index (Phi) is 2.75. The fraction of sp³-hybridized carbons (Fsp3) is 0.0833. The average Bonchev–Trinajstić information content (AvgIpc) is 2.89. The van der Waals surface area contributed by atoms with E-state index in [0.717, 1.165) is 4.90 Å². The second kappa shape index (κ2) is 4.43. The van der Waals surface area contributed by atoms with Crippen LogP contribution in [0.1, 0.15) is 29.0 Å². The van der Waals surface area contributed by atoms with Crippen LogP contribution in [0.15, 0.2) is 33.7 Å². The first kappa shape index (κ1) is 11.8. The zero-order chi connectivity index (χ0) is 13.4. The topological polar surface area (TPSA) is 88.2 Å². The molecule has 1 aromatic carbocycles. The van der Waals surface area contributed by atoms with Gasteiger partial charge >= 0.3 is 0 Å². The van der Waals surface area contributed by atoms with Crippen LogP contribution >= 0.6 is 11.9 Å². The summed E-state index contributed by atoms with van der Waals surface area (Å²) in [5, 5.41) is 13.8. The quantitative estimate of drug-likeness (QED) is 0.642. The van der Waals surface area contributed by atoms with Crippen LogP contribution in [0, 0.1) is 0 Å². The van der Waals surface area contributed by atoms with Crippen LogP contribution in [0.5, 0.6) is 0 Å². The lowest BCUT2D eigenvalue weighted by Gasteiger charge is -2.17. The van der Waals surface area contributed by atoms with E-state index in [1.807, 2.05) is 18.2 Å². The summed E-state index contributed by atoms with van der Waals surface area (Å²) in [6.07, 6.45) is 0. The van der Waals surface area contributed by atoms with Gasteiger partial charge in [0.25, 0.3) is 5.89 Å². The number of aromatic nitrogens is 2. The third-order valence-electron chi connectivity index (χ3n) is 2.60. The summed E-state index contributed by atoms with van der Waals surface area (Å²) in [5.74, 6) is -0.197. The summed E-state index contributed by atoms with van der Waals surface area (Å²) >= 11 is 1.33. The van der Waals surface area contributed by atoms with Gasteiger partial charge in [0.2, 0.25) is 11.6 Å². The van der Waals surface area contributed by atoms with Gasteiger partial charge < -0.3 is 14.4 Å². The van der Waals surface area contributed by atoms with E-state index in [2.05, 4.69) is 14.9 Å². The molecule has 19 heavy (non-hydrogen) atoms. The van der Waals surface area contributed by atoms with Crippen LogP contribution in [0.2, 0.25) is 0 Å². The summed E-state index contributed by atoms with van der Waals surface area (Å²) in [5.41, 5.74) is 0.993. The molecule has 1 aliphatic heterocycles. The maximum Gasteiger partial charge on any atom is 0.279 e. The van der Waals surface area contributed by atoms with Crippen LogP contribution in [0.4, 0.5) is 0 Å². The Morgan fingerprint density at radius 3 is 2.95 bits per heavy atom. The van der Waals surface area contributed by atoms with Crippen molar-refractivity contribution in [2.75, 3.05) is 0 Å². The number of Topliss-reactive ketones (excluding diaryl/α,β-unsaturated/α-hetero) is 1. The van der Waals surface area contributed by atoms with E-state index in [0.29, 0.717) is 11.3 Å². The maximum atomic E-state index is 11.1. The summed E-state index contributed by atoms with van der Waals surface area (Å²) < 4.78 is 7.91. The Hall–Kier alpha value is -2.28. The van der Waals surface area contributed by atoms with Crippen molar-refractivity contribution in [3.8, 4) is 0 Å². The second-order valence-electron chi connectivity index (χ2n) is 3.90. The van der Waals surface area contributed by atoms with Crippen molar-refractivity contribution in [3.63, 3.8) is 0 Å². The number of nitrogens with one attached hydrogen (secondary N) is 1. The maximum absolute atomic E-state index is 11.1. The number of hydrogen-bond acceptors (Lipinski definition) is 7. The highest BCUT2D eigenvalue weighted by Gasteiger charge is 2.24. The number of carbonyl (C=O) groups is 1. The Morgan fingerprint density at radius 1 is 1.42 bits per heavy atom. The number of nitrogens with zero attached hydrogens (tertiary/aromatic N) is 2. The fourth-order valence-corrected chi connectivity index (χ4v) is 2.47. The number of ketones is 1. The van der Waals surface area contributed by atoms with E-state index >= 15 is 0 Å². The number of hydrogen-bond donors (Lipinski definition) is 2. The van der Waals surface area contributed by atoms with Crippen molar-refractivity contribution in [1.82, 2.24) is 14.9 Å². The summed E-state index contributed by atoms with van der Waals surface area (Å²) in [4.78, 5) is 16.0. The van der Waals surface area contributed by atoms with Gasteiger partial charge in [0.1, 0.15) is 0 Å². The Morgan fingerprint density at radius 2 is 2.21 bits per heavy atom. The minimum absolute atomic E-state index is 0.0130. The van der Waals surface area contributed by atoms with E-state index in [1.54, 1.807) is 6.07 Å². The Balaban J connectivity index is 2.08. The van der Waals surface area contributed by atoms with E-state index in [4.69, 9.17) is 4.52 Å². The van der Waals surface area contributed by atoms with Crippen molar-refractivity contribution in [3.05, 3.63) is 41.5 Å². The Labute approximate surface area is 112 Å². The third kappa shape index (κ3) is 1.97. The SMILES string of the molecule is CC(=O)c1noc(C2=C(O)c3ccccc3SN2)n1. The highest BCUT2D eigenvalue weighted by atomic mass is 32.2. The van der Waals surface area contributed by atoms with Gasteiger partial charge in [0, 0.05) is 17.4 Å². The summed E-state index contributed by atoms with van der Waals surface area (Å²) in [6, 6.07) is 7.38. The van der Waals surface area contributed by atoms with Crippen molar-refractivity contribution in [2.45, 2.75) is 11.8 Å². The molecule has 0 fully saturated rings. The number of fused-ring (bicyclic) bond motifs is 1. The van der Waals surface area contributed by atoms with Crippen molar-refractivity contribution in [1.29, 1.82) is 0 Å². The number of benzene rings is 1. The molecule has 96 valence electrons. The number of aliphatic hydroxyl groups excluding tert-OH is 1. The molecule has 0 spiro atoms. The van der Waals surface area contributed by atoms with Crippen molar-refractivity contribution >= 4 is 29.2 Å². The lowest BCUT2D eigenvalue weighted by atomic mass is 10.1. The summed E-state index contributed by atoms with van der Waals surface area (Å²) in [7, 11) is 0. The van der Waals surface area contributed by atoms with E-state index < -0.39 is 0 Å². The molecule has 0 amide bonds. The molecule has 6 nitrogen and oxygen atoms in total. The van der Waals surface area contributed by atoms with E-state index in [1.165, 1.54) is 18.9 Å². The highest BCUT2D eigenvalue weighted by molar-refractivity contribution is 7.97. The molecule has 0 bridgehead atoms. The monoisotopic (exact) mass is 275 g/mol. The smallest absolute Gasteiger partial charge is 0.279 e. The van der Waals surface area contributed by atoms with Crippen molar-refractivity contribution < 1.29 is 14.4 Å². The zero-order valence-electron chi connectivity index (χ0n) is 9.88. The van der Waals surface area contributed by atoms with Gasteiger partial charge in [-0.05, 0) is 24.1 Å². The first-order valence-corrected chi connectivity index (χ1v) is 6.29. The molecule has 2 aromatic rings. The number of rotatable bonds is 2. The molecule has 0 unspecified atom stereocenters. The normalized spacial score (nSPS) is 13.9. The minimum Gasteiger partial charge on any atom is -0.505 e. The molecule has 7 heteroatoms. The van der Waals surface area contributed by atoms with Crippen LogP contribution in [-0.2, 0) is 0 Å². The molecular formula is C12H9N3O3S. The van der Waals surface area contributed by atoms with E-state index in [9.17, 15) is 9.90 Å². The van der Waals surface area contributed by atoms with Gasteiger partial charge in [-0.25, -0.2) is 0 Å². The van der Waals surface area contributed by atoms with Gasteiger partial charge in [-0.15, -0.1) is 0 Å². The van der Waals surface area contributed by atoms with E-state index in [-0.39, 0.29) is 23.3 Å². The lowest BCUT2D eigenvalue weighted by Crippen LogP contribution is -2.12. The molecule has 0 saturated carbocycles. The fourth-order valence-electron chi connectivity index (χ4n) is 1.65.